The zero-order valence-electron chi connectivity index (χ0n) is 12.1. The second-order valence-corrected chi connectivity index (χ2v) is 5.09. The molecule has 2 aromatic carbocycles. The van der Waals surface area contributed by atoms with Crippen LogP contribution in [0.5, 0.6) is 28.7 Å². The molecule has 122 valence electrons. The fourth-order valence-corrected chi connectivity index (χ4v) is 2.25. The molecule has 0 atom stereocenters. The van der Waals surface area contributed by atoms with Crippen molar-refractivity contribution in [1.82, 2.24) is 0 Å². The molecule has 24 heavy (non-hydrogen) atoms. The molecule has 1 heterocycles. The summed E-state index contributed by atoms with van der Waals surface area (Å²) < 4.78 is 5.43. The van der Waals surface area contributed by atoms with Crippen LogP contribution in [-0.2, 0) is 0 Å². The maximum Gasteiger partial charge on any atom is 0.200 e. The first-order valence-electron chi connectivity index (χ1n) is 6.78. The lowest BCUT2D eigenvalue weighted by molar-refractivity contribution is 0.368. The molecule has 5 N–H and O–H groups in total. The van der Waals surface area contributed by atoms with E-state index >= 15 is 0 Å². The van der Waals surface area contributed by atoms with Crippen molar-refractivity contribution in [2.24, 2.45) is 0 Å². The van der Waals surface area contributed by atoms with Crippen LogP contribution in [-0.4, -0.2) is 25.5 Å². The molecule has 7 nitrogen and oxygen atoms in total. The molecule has 3 rings (SSSR count). The number of hydrogen-bond acceptors (Lipinski definition) is 7. The second kappa shape index (κ2) is 5.54. The van der Waals surface area contributed by atoms with E-state index in [1.165, 1.54) is 30.4 Å². The minimum atomic E-state index is -0.629. The van der Waals surface area contributed by atoms with Crippen LogP contribution in [0.1, 0.15) is 11.3 Å². The van der Waals surface area contributed by atoms with Gasteiger partial charge in [0.15, 0.2) is 22.7 Å². The Hall–Kier alpha value is -3.61. The Bertz CT molecular complexity index is 1010. The monoisotopic (exact) mass is 328 g/mol. The Morgan fingerprint density at radius 3 is 2.12 bits per heavy atom. The molecule has 0 unspecified atom stereocenters. The highest BCUT2D eigenvalue weighted by molar-refractivity contribution is 5.85. The second-order valence-electron chi connectivity index (χ2n) is 5.09. The van der Waals surface area contributed by atoms with Crippen LogP contribution in [0.25, 0.3) is 23.1 Å². The van der Waals surface area contributed by atoms with Gasteiger partial charge in [-0.2, -0.15) is 0 Å². The highest BCUT2D eigenvalue weighted by Gasteiger charge is 2.10. The van der Waals surface area contributed by atoms with Crippen molar-refractivity contribution in [3.05, 3.63) is 51.9 Å². The quantitative estimate of drug-likeness (QED) is 0.457. The summed E-state index contributed by atoms with van der Waals surface area (Å²) in [4.78, 5) is 12.0. The van der Waals surface area contributed by atoms with Gasteiger partial charge < -0.3 is 29.9 Å². The molecule has 0 radical (unpaired) electrons. The standard InChI is InChI=1S/C17H12O7/c18-9-5-11(19)16-12(20)7-10(24-15(16)6-9)2-1-8-3-13(21)17(23)14(22)4-8/h1-7,18-19,21-23H/b2-1+. The first kappa shape index (κ1) is 15.3. The van der Waals surface area contributed by atoms with E-state index in [4.69, 9.17) is 4.42 Å². The van der Waals surface area contributed by atoms with Crippen molar-refractivity contribution >= 4 is 23.1 Å². The van der Waals surface area contributed by atoms with Crippen molar-refractivity contribution in [3.8, 4) is 28.7 Å². The van der Waals surface area contributed by atoms with Crippen LogP contribution in [0.2, 0.25) is 0 Å². The van der Waals surface area contributed by atoms with Crippen LogP contribution >= 0.6 is 0 Å². The van der Waals surface area contributed by atoms with E-state index in [1.54, 1.807) is 0 Å². The number of benzene rings is 2. The Balaban J connectivity index is 2.06. The van der Waals surface area contributed by atoms with Crippen molar-refractivity contribution in [1.29, 1.82) is 0 Å². The van der Waals surface area contributed by atoms with E-state index in [0.29, 0.717) is 5.56 Å². The molecule has 0 saturated heterocycles. The number of aromatic hydroxyl groups is 5. The summed E-state index contributed by atoms with van der Waals surface area (Å²) in [6.45, 7) is 0. The first-order valence-corrected chi connectivity index (χ1v) is 6.78. The summed E-state index contributed by atoms with van der Waals surface area (Å²) in [5, 5.41) is 47.3. The number of phenols is 5. The Morgan fingerprint density at radius 2 is 1.46 bits per heavy atom. The van der Waals surface area contributed by atoms with Crippen molar-refractivity contribution < 1.29 is 29.9 Å². The zero-order chi connectivity index (χ0) is 17.4. The van der Waals surface area contributed by atoms with E-state index in [2.05, 4.69) is 0 Å². The van der Waals surface area contributed by atoms with Crippen LogP contribution < -0.4 is 5.43 Å². The number of fused-ring (bicyclic) bond motifs is 1. The lowest BCUT2D eigenvalue weighted by Crippen LogP contribution is -2.00. The molecule has 0 amide bonds. The summed E-state index contributed by atoms with van der Waals surface area (Å²) >= 11 is 0. The molecule has 0 fully saturated rings. The van der Waals surface area contributed by atoms with Gasteiger partial charge in [-0.15, -0.1) is 0 Å². The average molecular weight is 328 g/mol. The van der Waals surface area contributed by atoms with Crippen LogP contribution in [0.3, 0.4) is 0 Å². The first-order chi connectivity index (χ1) is 11.3. The van der Waals surface area contributed by atoms with Crippen molar-refractivity contribution in [2.45, 2.75) is 0 Å². The summed E-state index contributed by atoms with van der Waals surface area (Å²) in [6.07, 6.45) is 2.83. The van der Waals surface area contributed by atoms with E-state index in [-0.39, 0.29) is 28.2 Å². The van der Waals surface area contributed by atoms with Gasteiger partial charge in [-0.3, -0.25) is 4.79 Å². The van der Waals surface area contributed by atoms with Crippen LogP contribution in [0.4, 0.5) is 0 Å². The minimum Gasteiger partial charge on any atom is -0.508 e. The Kier molecular flexibility index (Phi) is 3.53. The Morgan fingerprint density at radius 1 is 0.792 bits per heavy atom. The van der Waals surface area contributed by atoms with Gasteiger partial charge in [0.05, 0.1) is 0 Å². The number of phenolic OH excluding ortho intramolecular Hbond substituents is 5. The molecular weight excluding hydrogens is 316 g/mol. The predicted molar refractivity (Wildman–Crippen MR) is 86.2 cm³/mol. The average Bonchev–Trinajstić information content (AvgIpc) is 2.49. The minimum absolute atomic E-state index is 0.0102. The normalized spacial score (nSPS) is 11.3. The SMILES string of the molecule is O=c1cc(/C=C/c2cc(O)c(O)c(O)c2)oc2cc(O)cc(O)c12. The van der Waals surface area contributed by atoms with E-state index < -0.39 is 22.7 Å². The van der Waals surface area contributed by atoms with E-state index in [1.807, 2.05) is 0 Å². The van der Waals surface area contributed by atoms with Gasteiger partial charge in [0.25, 0.3) is 0 Å². The summed E-state index contributed by atoms with van der Waals surface area (Å²) in [5.41, 5.74) is -0.134. The molecule has 0 aliphatic carbocycles. The number of hydrogen-bond donors (Lipinski definition) is 5. The van der Waals surface area contributed by atoms with E-state index in [0.717, 1.165) is 12.1 Å². The van der Waals surface area contributed by atoms with Gasteiger partial charge in [-0.25, -0.2) is 0 Å². The van der Waals surface area contributed by atoms with Gasteiger partial charge >= 0.3 is 0 Å². The smallest absolute Gasteiger partial charge is 0.200 e. The molecule has 0 aliphatic rings. The van der Waals surface area contributed by atoms with Gasteiger partial charge in [0.1, 0.15) is 28.2 Å². The van der Waals surface area contributed by atoms with Crippen molar-refractivity contribution in [3.63, 3.8) is 0 Å². The molecule has 7 heteroatoms. The van der Waals surface area contributed by atoms with Gasteiger partial charge in [0.2, 0.25) is 0 Å². The largest absolute Gasteiger partial charge is 0.508 e. The molecule has 0 bridgehead atoms. The summed E-state index contributed by atoms with van der Waals surface area (Å²) in [6, 6.07) is 5.81. The van der Waals surface area contributed by atoms with Crippen molar-refractivity contribution in [2.75, 3.05) is 0 Å². The zero-order valence-corrected chi connectivity index (χ0v) is 12.1. The summed E-state index contributed by atoms with van der Waals surface area (Å²) in [7, 11) is 0. The predicted octanol–water partition coefficient (Wildman–Crippen LogP) is 2.49. The maximum atomic E-state index is 12.0. The third-order valence-electron chi connectivity index (χ3n) is 3.35. The molecule has 1 aromatic heterocycles. The van der Waals surface area contributed by atoms with E-state index in [9.17, 15) is 30.3 Å². The number of rotatable bonds is 2. The Labute approximate surface area is 134 Å². The topological polar surface area (TPSA) is 131 Å². The fraction of sp³-hybridized carbons (Fsp3) is 0. The molecule has 0 spiro atoms. The molecule has 3 aromatic rings. The third-order valence-corrected chi connectivity index (χ3v) is 3.35. The molecule has 0 saturated carbocycles. The third kappa shape index (κ3) is 2.70. The lowest BCUT2D eigenvalue weighted by Gasteiger charge is -2.03. The van der Waals surface area contributed by atoms with Crippen LogP contribution in [0, 0.1) is 0 Å². The highest BCUT2D eigenvalue weighted by Crippen LogP contribution is 2.36. The molecule has 0 aliphatic heterocycles. The highest BCUT2D eigenvalue weighted by atomic mass is 16.3. The lowest BCUT2D eigenvalue weighted by atomic mass is 10.1. The maximum absolute atomic E-state index is 12.0. The van der Waals surface area contributed by atoms with Gasteiger partial charge in [-0.05, 0) is 23.8 Å². The molecular formula is C17H12O7. The van der Waals surface area contributed by atoms with Gasteiger partial charge in [0, 0.05) is 18.2 Å². The van der Waals surface area contributed by atoms with Gasteiger partial charge in [-0.1, -0.05) is 6.08 Å². The van der Waals surface area contributed by atoms with Crippen LogP contribution in [0.15, 0.2) is 39.5 Å². The summed E-state index contributed by atoms with van der Waals surface area (Å²) in [5.74, 6) is -2.13. The fourth-order valence-electron chi connectivity index (χ4n) is 2.25.